The Balaban J connectivity index is 1.84. The molecule has 0 saturated carbocycles. The number of nitrogens with zero attached hydrogens (tertiary/aromatic N) is 2. The van der Waals surface area contributed by atoms with Crippen molar-refractivity contribution >= 4 is 5.82 Å². The smallest absolute Gasteiger partial charge is 0.123 e. The molecule has 0 aromatic carbocycles. The van der Waals surface area contributed by atoms with Gasteiger partial charge < -0.3 is 10.5 Å². The fourth-order valence-electron chi connectivity index (χ4n) is 2.22. The average Bonchev–Trinajstić information content (AvgIpc) is 2.70. The summed E-state index contributed by atoms with van der Waals surface area (Å²) in [4.78, 5) is 6.54. The molecule has 1 aromatic heterocycles. The predicted molar refractivity (Wildman–Crippen MR) is 63.9 cm³/mol. The van der Waals surface area contributed by atoms with Gasteiger partial charge in [0.25, 0.3) is 0 Å². The van der Waals surface area contributed by atoms with Crippen LogP contribution >= 0.6 is 0 Å². The lowest BCUT2D eigenvalue weighted by molar-refractivity contribution is 0.152. The van der Waals surface area contributed by atoms with Crippen molar-refractivity contribution in [1.82, 2.24) is 9.88 Å². The van der Waals surface area contributed by atoms with Gasteiger partial charge in [-0.3, -0.25) is 4.90 Å². The zero-order valence-corrected chi connectivity index (χ0v) is 9.72. The predicted octanol–water partition coefficient (Wildman–Crippen LogP) is 1.13. The van der Waals surface area contributed by atoms with Crippen LogP contribution in [0.1, 0.15) is 12.0 Å². The summed E-state index contributed by atoms with van der Waals surface area (Å²) in [7, 11) is 1.77. The quantitative estimate of drug-likeness (QED) is 0.828. The van der Waals surface area contributed by atoms with E-state index in [1.807, 2.05) is 18.3 Å². The zero-order valence-electron chi connectivity index (χ0n) is 9.72. The molecular weight excluding hydrogens is 202 g/mol. The summed E-state index contributed by atoms with van der Waals surface area (Å²) in [6, 6.07) is 3.91. The molecule has 4 heteroatoms. The number of hydrogen-bond donors (Lipinski definition) is 1. The lowest BCUT2D eigenvalue weighted by atomic mass is 10.1. The highest BCUT2D eigenvalue weighted by molar-refractivity contribution is 5.29. The van der Waals surface area contributed by atoms with Crippen molar-refractivity contribution < 1.29 is 4.74 Å². The minimum absolute atomic E-state index is 0.586. The summed E-state index contributed by atoms with van der Waals surface area (Å²) in [6.07, 6.45) is 3.09. The summed E-state index contributed by atoms with van der Waals surface area (Å²) in [5.41, 5.74) is 6.78. The lowest BCUT2D eigenvalue weighted by Crippen LogP contribution is -2.21. The van der Waals surface area contributed by atoms with Gasteiger partial charge in [-0.2, -0.15) is 0 Å². The normalized spacial score (nSPS) is 21.4. The maximum absolute atomic E-state index is 5.56. The molecule has 0 aliphatic carbocycles. The largest absolute Gasteiger partial charge is 0.384 e. The number of nitrogens with two attached hydrogens (primary N) is 1. The second-order valence-corrected chi connectivity index (χ2v) is 4.44. The van der Waals surface area contributed by atoms with E-state index in [9.17, 15) is 0 Å². The molecule has 1 aromatic rings. The molecule has 1 atom stereocenters. The first-order valence-electron chi connectivity index (χ1n) is 5.69. The number of ether oxygens (including phenoxy) is 1. The summed E-state index contributed by atoms with van der Waals surface area (Å²) >= 11 is 0. The van der Waals surface area contributed by atoms with Crippen LogP contribution in [0.5, 0.6) is 0 Å². The third-order valence-electron chi connectivity index (χ3n) is 3.03. The molecule has 16 heavy (non-hydrogen) atoms. The molecule has 1 saturated heterocycles. The summed E-state index contributed by atoms with van der Waals surface area (Å²) in [5.74, 6) is 1.27. The van der Waals surface area contributed by atoms with Gasteiger partial charge in [-0.1, -0.05) is 6.07 Å². The van der Waals surface area contributed by atoms with Crippen LogP contribution in [0.3, 0.4) is 0 Å². The molecule has 2 rings (SSSR count). The van der Waals surface area contributed by atoms with E-state index in [4.69, 9.17) is 10.5 Å². The van der Waals surface area contributed by atoms with Gasteiger partial charge in [0.05, 0.1) is 6.61 Å². The minimum atomic E-state index is 0.586. The Bertz CT molecular complexity index is 326. The molecule has 0 radical (unpaired) electrons. The van der Waals surface area contributed by atoms with Crippen molar-refractivity contribution in [1.29, 1.82) is 0 Å². The van der Waals surface area contributed by atoms with Crippen molar-refractivity contribution in [3.63, 3.8) is 0 Å². The summed E-state index contributed by atoms with van der Waals surface area (Å²) in [6.45, 7) is 4.11. The van der Waals surface area contributed by atoms with Crippen LogP contribution in [0.4, 0.5) is 5.82 Å². The van der Waals surface area contributed by atoms with Gasteiger partial charge in [-0.05, 0) is 30.5 Å². The topological polar surface area (TPSA) is 51.4 Å². The number of hydrogen-bond acceptors (Lipinski definition) is 4. The molecule has 1 aliphatic rings. The van der Waals surface area contributed by atoms with Gasteiger partial charge in [0.1, 0.15) is 5.82 Å². The Morgan fingerprint density at radius 1 is 1.56 bits per heavy atom. The number of likely N-dealkylation sites (tertiary alicyclic amines) is 1. The van der Waals surface area contributed by atoms with Crippen LogP contribution in [-0.4, -0.2) is 36.7 Å². The molecule has 2 N–H and O–H groups in total. The van der Waals surface area contributed by atoms with Crippen molar-refractivity contribution in [3.05, 3.63) is 23.9 Å². The molecular formula is C12H19N3O. The van der Waals surface area contributed by atoms with Crippen molar-refractivity contribution in [2.45, 2.75) is 13.0 Å². The maximum atomic E-state index is 5.56. The van der Waals surface area contributed by atoms with Gasteiger partial charge in [0.2, 0.25) is 0 Å². The van der Waals surface area contributed by atoms with Gasteiger partial charge in [0.15, 0.2) is 0 Å². The highest BCUT2D eigenvalue weighted by Gasteiger charge is 2.22. The van der Waals surface area contributed by atoms with Crippen LogP contribution in [0.15, 0.2) is 18.3 Å². The molecule has 0 bridgehead atoms. The van der Waals surface area contributed by atoms with Gasteiger partial charge in [0, 0.05) is 26.4 Å². The van der Waals surface area contributed by atoms with E-state index in [1.165, 1.54) is 12.0 Å². The molecule has 2 heterocycles. The Kier molecular flexibility index (Phi) is 3.74. The Morgan fingerprint density at radius 2 is 2.44 bits per heavy atom. The third-order valence-corrected chi connectivity index (χ3v) is 3.03. The molecule has 1 aliphatic heterocycles. The standard InChI is InChI=1S/C12H19N3O/c1-16-9-11-4-5-15(8-11)7-10-2-3-12(13)14-6-10/h2-3,6,11H,4-5,7-9H2,1H3,(H2,13,14). The lowest BCUT2D eigenvalue weighted by Gasteiger charge is -2.15. The second-order valence-electron chi connectivity index (χ2n) is 4.44. The number of anilines is 1. The fraction of sp³-hybridized carbons (Fsp3) is 0.583. The van der Waals surface area contributed by atoms with Crippen molar-refractivity contribution in [2.24, 2.45) is 5.92 Å². The number of nitrogen functional groups attached to an aromatic ring is 1. The van der Waals surface area contributed by atoms with E-state index in [0.29, 0.717) is 11.7 Å². The minimum Gasteiger partial charge on any atom is -0.384 e. The van der Waals surface area contributed by atoms with Crippen LogP contribution in [0.25, 0.3) is 0 Å². The summed E-state index contributed by atoms with van der Waals surface area (Å²) < 4.78 is 5.18. The first kappa shape index (κ1) is 11.4. The van der Waals surface area contributed by atoms with Crippen LogP contribution in [-0.2, 0) is 11.3 Å². The molecule has 1 fully saturated rings. The second kappa shape index (κ2) is 5.27. The number of rotatable bonds is 4. The van der Waals surface area contributed by atoms with Crippen molar-refractivity contribution in [2.75, 3.05) is 32.5 Å². The van der Waals surface area contributed by atoms with Gasteiger partial charge in [-0.15, -0.1) is 0 Å². The fourth-order valence-corrected chi connectivity index (χ4v) is 2.22. The third kappa shape index (κ3) is 2.93. The van der Waals surface area contributed by atoms with E-state index in [0.717, 1.165) is 26.2 Å². The number of methoxy groups -OCH3 is 1. The molecule has 0 amide bonds. The first-order valence-corrected chi connectivity index (χ1v) is 5.69. The van der Waals surface area contributed by atoms with E-state index >= 15 is 0 Å². The number of pyridine rings is 1. The average molecular weight is 221 g/mol. The Hall–Kier alpha value is -1.13. The van der Waals surface area contributed by atoms with Crippen LogP contribution in [0, 0.1) is 5.92 Å². The number of aromatic nitrogens is 1. The van der Waals surface area contributed by atoms with E-state index in [1.54, 1.807) is 7.11 Å². The maximum Gasteiger partial charge on any atom is 0.123 e. The van der Waals surface area contributed by atoms with Crippen LogP contribution in [0.2, 0.25) is 0 Å². The monoisotopic (exact) mass is 221 g/mol. The van der Waals surface area contributed by atoms with E-state index in [-0.39, 0.29) is 0 Å². The molecule has 1 unspecified atom stereocenters. The zero-order chi connectivity index (χ0) is 11.4. The Labute approximate surface area is 96.4 Å². The Morgan fingerprint density at radius 3 is 3.12 bits per heavy atom. The van der Waals surface area contributed by atoms with Crippen molar-refractivity contribution in [3.8, 4) is 0 Å². The van der Waals surface area contributed by atoms with E-state index < -0.39 is 0 Å². The molecule has 88 valence electrons. The molecule has 0 spiro atoms. The molecule has 4 nitrogen and oxygen atoms in total. The SMILES string of the molecule is COCC1CCN(Cc2ccc(N)nc2)C1. The highest BCUT2D eigenvalue weighted by atomic mass is 16.5. The van der Waals surface area contributed by atoms with Gasteiger partial charge >= 0.3 is 0 Å². The summed E-state index contributed by atoms with van der Waals surface area (Å²) in [5, 5.41) is 0. The van der Waals surface area contributed by atoms with E-state index in [2.05, 4.69) is 9.88 Å². The van der Waals surface area contributed by atoms with Gasteiger partial charge in [-0.25, -0.2) is 4.98 Å². The first-order chi connectivity index (χ1) is 7.78. The highest BCUT2D eigenvalue weighted by Crippen LogP contribution is 2.18. The van der Waals surface area contributed by atoms with Crippen LogP contribution < -0.4 is 5.73 Å².